The summed E-state index contributed by atoms with van der Waals surface area (Å²) in [6.45, 7) is 0. The van der Waals surface area contributed by atoms with Gasteiger partial charge in [0.05, 0.1) is 0 Å². The van der Waals surface area contributed by atoms with E-state index in [1.807, 2.05) is 0 Å². The zero-order chi connectivity index (χ0) is 34.4. The quantitative estimate of drug-likeness (QED) is 0.161. The van der Waals surface area contributed by atoms with Crippen molar-refractivity contribution in [2.24, 2.45) is 0 Å². The third-order valence-corrected chi connectivity index (χ3v) is 10.6. The minimum Gasteiger partial charge on any atom is -0.0622 e. The van der Waals surface area contributed by atoms with Gasteiger partial charge in [0, 0.05) is 0 Å². The van der Waals surface area contributed by atoms with E-state index in [1.54, 1.807) is 0 Å². The molecular weight excluding hydrogens is 625 g/mol. The second kappa shape index (κ2) is 12.5. The van der Waals surface area contributed by atoms with E-state index in [9.17, 15) is 0 Å². The molecule has 0 saturated carbocycles. The molecule has 10 aromatic rings. The number of hydrogen-bond donors (Lipinski definition) is 0. The van der Waals surface area contributed by atoms with Crippen molar-refractivity contribution in [1.82, 2.24) is 0 Å². The summed E-state index contributed by atoms with van der Waals surface area (Å²) in [6, 6.07) is 75.7. The van der Waals surface area contributed by atoms with E-state index in [2.05, 4.69) is 206 Å². The van der Waals surface area contributed by atoms with Gasteiger partial charge in [-0.05, 0) is 141 Å². The summed E-state index contributed by atoms with van der Waals surface area (Å²) < 4.78 is 0. The Morgan fingerprint density at radius 3 is 1.33 bits per heavy atom. The van der Waals surface area contributed by atoms with E-state index in [-0.39, 0.29) is 0 Å². The van der Waals surface area contributed by atoms with Crippen molar-refractivity contribution >= 4 is 43.1 Å². The van der Waals surface area contributed by atoms with E-state index in [0.717, 1.165) is 0 Å². The molecule has 0 heterocycles. The first-order valence-electron chi connectivity index (χ1n) is 18.0. The second-order valence-corrected chi connectivity index (χ2v) is 13.7. The number of benzene rings is 10. The smallest absolute Gasteiger partial charge is 0.00926 e. The fraction of sp³-hybridized carbons (Fsp3) is 0. The Morgan fingerprint density at radius 1 is 0.173 bits per heavy atom. The molecule has 242 valence electrons. The highest BCUT2D eigenvalue weighted by Crippen LogP contribution is 2.43. The van der Waals surface area contributed by atoms with Crippen molar-refractivity contribution in [1.29, 1.82) is 0 Å². The van der Waals surface area contributed by atoms with Crippen LogP contribution in [0.3, 0.4) is 0 Å². The highest BCUT2D eigenvalue weighted by atomic mass is 14.2. The largest absolute Gasteiger partial charge is 0.0622 e. The lowest BCUT2D eigenvalue weighted by Gasteiger charge is -2.18. The Balaban J connectivity index is 1.22. The van der Waals surface area contributed by atoms with E-state index < -0.39 is 0 Å². The first kappa shape index (κ1) is 30.1. The van der Waals surface area contributed by atoms with Gasteiger partial charge in [-0.15, -0.1) is 0 Å². The van der Waals surface area contributed by atoms with Crippen LogP contribution in [0.25, 0.3) is 98.7 Å². The fourth-order valence-electron chi connectivity index (χ4n) is 8.04. The number of rotatable bonds is 5. The van der Waals surface area contributed by atoms with Crippen molar-refractivity contribution in [3.63, 3.8) is 0 Å². The topological polar surface area (TPSA) is 0 Å². The molecule has 0 radical (unpaired) electrons. The van der Waals surface area contributed by atoms with Crippen LogP contribution in [0.1, 0.15) is 0 Å². The summed E-state index contributed by atoms with van der Waals surface area (Å²) in [6.07, 6.45) is 0. The molecule has 10 aromatic carbocycles. The molecule has 0 spiro atoms. The van der Waals surface area contributed by atoms with Crippen LogP contribution < -0.4 is 0 Å². The first-order chi connectivity index (χ1) is 25.8. The molecule has 52 heavy (non-hydrogen) atoms. The third-order valence-electron chi connectivity index (χ3n) is 10.6. The van der Waals surface area contributed by atoms with E-state index >= 15 is 0 Å². The lowest BCUT2D eigenvalue weighted by molar-refractivity contribution is 1.59. The highest BCUT2D eigenvalue weighted by Gasteiger charge is 2.16. The predicted octanol–water partition coefficient (Wildman–Crippen LogP) is 14.6. The van der Waals surface area contributed by atoms with Gasteiger partial charge in [0.2, 0.25) is 0 Å². The second-order valence-electron chi connectivity index (χ2n) is 13.7. The summed E-state index contributed by atoms with van der Waals surface area (Å²) >= 11 is 0. The number of fused-ring (bicyclic) bond motifs is 5. The Morgan fingerprint density at radius 2 is 0.654 bits per heavy atom. The van der Waals surface area contributed by atoms with Crippen LogP contribution >= 0.6 is 0 Å². The molecule has 0 heteroatoms. The number of hydrogen-bond acceptors (Lipinski definition) is 0. The molecule has 0 aromatic heterocycles. The minimum atomic E-state index is 1.20. The van der Waals surface area contributed by atoms with Crippen LogP contribution in [-0.2, 0) is 0 Å². The lowest BCUT2D eigenvalue weighted by Crippen LogP contribution is -1.91. The average molecular weight is 659 g/mol. The van der Waals surface area contributed by atoms with Gasteiger partial charge in [0.25, 0.3) is 0 Å². The molecule has 0 aliphatic rings. The van der Waals surface area contributed by atoms with Crippen LogP contribution in [0, 0.1) is 0 Å². The predicted molar refractivity (Wildman–Crippen MR) is 224 cm³/mol. The Kier molecular flexibility index (Phi) is 7.25. The fourth-order valence-corrected chi connectivity index (χ4v) is 8.04. The minimum absolute atomic E-state index is 1.20. The van der Waals surface area contributed by atoms with Crippen LogP contribution in [0.2, 0.25) is 0 Å². The molecule has 10 rings (SSSR count). The normalized spacial score (nSPS) is 11.5. The zero-order valence-electron chi connectivity index (χ0n) is 28.6. The van der Waals surface area contributed by atoms with Gasteiger partial charge in [-0.1, -0.05) is 164 Å². The van der Waals surface area contributed by atoms with Gasteiger partial charge in [-0.3, -0.25) is 0 Å². The monoisotopic (exact) mass is 658 g/mol. The van der Waals surface area contributed by atoms with Crippen molar-refractivity contribution < 1.29 is 0 Å². The van der Waals surface area contributed by atoms with Crippen molar-refractivity contribution in [3.05, 3.63) is 206 Å². The van der Waals surface area contributed by atoms with Crippen molar-refractivity contribution in [3.8, 4) is 55.6 Å². The maximum atomic E-state index is 2.41. The first-order valence-corrected chi connectivity index (χ1v) is 18.0. The van der Waals surface area contributed by atoms with Crippen molar-refractivity contribution in [2.45, 2.75) is 0 Å². The van der Waals surface area contributed by atoms with Gasteiger partial charge in [-0.2, -0.15) is 0 Å². The molecule has 0 atom stereocenters. The average Bonchev–Trinajstić information content (AvgIpc) is 3.23. The standard InChI is InChI=1S/C52H34/c1-3-15-36(16-4-1)48-31-43(39-21-13-22-41(29-39)50-30-42-20-9-10-23-45(42)46-24-11-12-25-47(46)50)33-51-49(37-17-5-2-6-18-37)32-44(34-52(48)51)40-27-26-35-14-7-8-19-38(35)28-40/h1-34H. The molecule has 0 N–H and O–H groups in total. The van der Waals surface area contributed by atoms with Gasteiger partial charge in [0.1, 0.15) is 0 Å². The van der Waals surface area contributed by atoms with E-state index in [0.29, 0.717) is 0 Å². The summed E-state index contributed by atoms with van der Waals surface area (Å²) in [5, 5.41) is 10.1. The zero-order valence-corrected chi connectivity index (χ0v) is 28.6. The summed E-state index contributed by atoms with van der Waals surface area (Å²) in [4.78, 5) is 0. The maximum absolute atomic E-state index is 2.41. The van der Waals surface area contributed by atoms with Gasteiger partial charge in [0.15, 0.2) is 0 Å². The molecular formula is C52H34. The SMILES string of the molecule is c1ccc(-c2cc(-c3ccc4ccccc4c3)cc3c(-c4ccccc4)cc(-c4cccc(-c5cc6ccccc6c6ccccc56)c4)cc23)cc1. The molecule has 0 aliphatic heterocycles. The Hall–Kier alpha value is -6.76. The summed E-state index contributed by atoms with van der Waals surface area (Å²) in [7, 11) is 0. The van der Waals surface area contributed by atoms with E-state index in [1.165, 1.54) is 98.7 Å². The third kappa shape index (κ3) is 5.25. The molecule has 0 amide bonds. The molecule has 0 saturated heterocycles. The van der Waals surface area contributed by atoms with Crippen molar-refractivity contribution in [2.75, 3.05) is 0 Å². The van der Waals surface area contributed by atoms with Crippen LogP contribution in [-0.4, -0.2) is 0 Å². The Bertz CT molecular complexity index is 2940. The van der Waals surface area contributed by atoms with Gasteiger partial charge >= 0.3 is 0 Å². The summed E-state index contributed by atoms with van der Waals surface area (Å²) in [5.74, 6) is 0. The molecule has 0 aliphatic carbocycles. The summed E-state index contributed by atoms with van der Waals surface area (Å²) in [5.41, 5.74) is 12.2. The van der Waals surface area contributed by atoms with Crippen LogP contribution in [0.5, 0.6) is 0 Å². The van der Waals surface area contributed by atoms with E-state index in [4.69, 9.17) is 0 Å². The molecule has 0 bridgehead atoms. The van der Waals surface area contributed by atoms with Gasteiger partial charge < -0.3 is 0 Å². The highest BCUT2D eigenvalue weighted by molar-refractivity contribution is 6.14. The van der Waals surface area contributed by atoms with Crippen LogP contribution in [0.15, 0.2) is 206 Å². The van der Waals surface area contributed by atoms with Gasteiger partial charge in [-0.25, -0.2) is 0 Å². The molecule has 0 nitrogen and oxygen atoms in total. The molecule has 0 fully saturated rings. The maximum Gasteiger partial charge on any atom is -0.00926 e. The lowest BCUT2D eigenvalue weighted by atomic mass is 9.86. The Labute approximate surface area is 303 Å². The molecule has 0 unspecified atom stereocenters. The van der Waals surface area contributed by atoms with Crippen LogP contribution in [0.4, 0.5) is 0 Å².